The average molecular weight is 389 g/mol. The highest BCUT2D eigenvalue weighted by Gasteiger charge is 2.23. The highest BCUT2D eigenvalue weighted by Crippen LogP contribution is 2.24. The van der Waals surface area contributed by atoms with E-state index in [4.69, 9.17) is 4.74 Å². The minimum atomic E-state index is -0.452. The number of piperidine rings is 1. The first-order valence-electron chi connectivity index (χ1n) is 9.67. The van der Waals surface area contributed by atoms with E-state index in [-0.39, 0.29) is 24.3 Å². The van der Waals surface area contributed by atoms with Crippen LogP contribution in [0, 0.1) is 0 Å². The number of rotatable bonds is 7. The minimum absolute atomic E-state index is 0.0559. The molecule has 0 radical (unpaired) electrons. The number of imidazole rings is 1. The van der Waals surface area contributed by atoms with Crippen LogP contribution >= 0.6 is 0 Å². The Morgan fingerprint density at radius 1 is 1.21 bits per heavy atom. The van der Waals surface area contributed by atoms with E-state index in [1.54, 1.807) is 6.92 Å². The number of hydrogen-bond acceptors (Lipinski definition) is 5. The third-order valence-electron chi connectivity index (χ3n) is 4.96. The Labute approximate surface area is 163 Å². The Morgan fingerprint density at radius 3 is 2.71 bits per heavy atom. The van der Waals surface area contributed by atoms with Crippen molar-refractivity contribution in [3.05, 3.63) is 34.7 Å². The Balaban J connectivity index is 1.41. The smallest absolute Gasteiger partial charge is 0.326 e. The predicted octanol–water partition coefficient (Wildman–Crippen LogP) is 0.829. The number of nitrogens with zero attached hydrogens (tertiary/aromatic N) is 2. The molecule has 0 unspecified atom stereocenters. The first kappa shape index (κ1) is 19.9. The molecule has 2 heterocycles. The zero-order chi connectivity index (χ0) is 19.9. The van der Waals surface area contributed by atoms with Crippen molar-refractivity contribution >= 4 is 23.0 Å². The van der Waals surface area contributed by atoms with E-state index in [9.17, 15) is 14.4 Å². The molecule has 0 bridgehead atoms. The molecule has 1 fully saturated rings. The van der Waals surface area contributed by atoms with Gasteiger partial charge in [-0.2, -0.15) is 0 Å². The van der Waals surface area contributed by atoms with Gasteiger partial charge in [-0.15, -0.1) is 0 Å². The Bertz CT molecular complexity index is 867. The standard InChI is InChI=1S/C19H27N5O4/c1-2-28-17(25)13-21-18(26)20-9-12-23-10-7-14(8-11-23)24-16-6-4-3-5-15(16)22-19(24)27/h3-6,14H,2,7-13H2,1H3,(H,22,27)(H2,20,21,26). The third kappa shape index (κ3) is 4.92. The number of likely N-dealkylation sites (tertiary alicyclic amines) is 1. The molecule has 1 aliphatic rings. The van der Waals surface area contributed by atoms with E-state index in [1.165, 1.54) is 0 Å². The van der Waals surface area contributed by atoms with Crippen LogP contribution in [0.1, 0.15) is 25.8 Å². The molecule has 0 saturated carbocycles. The highest BCUT2D eigenvalue weighted by molar-refractivity contribution is 5.80. The van der Waals surface area contributed by atoms with Gasteiger partial charge in [0.25, 0.3) is 0 Å². The predicted molar refractivity (Wildman–Crippen MR) is 105 cm³/mol. The second kappa shape index (κ2) is 9.41. The number of ether oxygens (including phenoxy) is 1. The second-order valence-electron chi connectivity index (χ2n) is 6.80. The maximum absolute atomic E-state index is 12.3. The average Bonchev–Trinajstić information content (AvgIpc) is 3.03. The molecule has 3 rings (SSSR count). The molecule has 1 aromatic carbocycles. The molecule has 28 heavy (non-hydrogen) atoms. The van der Waals surface area contributed by atoms with Crippen molar-refractivity contribution in [1.29, 1.82) is 0 Å². The molecule has 1 saturated heterocycles. The quantitative estimate of drug-likeness (QED) is 0.608. The summed E-state index contributed by atoms with van der Waals surface area (Å²) in [6.07, 6.45) is 1.77. The molecular weight excluding hydrogens is 362 g/mol. The van der Waals surface area contributed by atoms with Gasteiger partial charge in [-0.3, -0.25) is 9.36 Å². The summed E-state index contributed by atoms with van der Waals surface area (Å²) >= 11 is 0. The number of para-hydroxylation sites is 2. The van der Waals surface area contributed by atoms with Crippen LogP contribution in [0.15, 0.2) is 29.1 Å². The van der Waals surface area contributed by atoms with Gasteiger partial charge >= 0.3 is 17.7 Å². The molecule has 9 heteroatoms. The number of esters is 1. The van der Waals surface area contributed by atoms with Crippen molar-refractivity contribution in [1.82, 2.24) is 25.1 Å². The maximum atomic E-state index is 12.3. The fourth-order valence-corrected chi connectivity index (χ4v) is 3.59. The zero-order valence-corrected chi connectivity index (χ0v) is 16.1. The van der Waals surface area contributed by atoms with Crippen LogP contribution < -0.4 is 16.3 Å². The molecule has 3 N–H and O–H groups in total. The summed E-state index contributed by atoms with van der Waals surface area (Å²) in [6.45, 7) is 4.82. The van der Waals surface area contributed by atoms with Crippen LogP contribution in [-0.4, -0.2) is 65.8 Å². The van der Waals surface area contributed by atoms with Gasteiger partial charge in [0.15, 0.2) is 0 Å². The Hall–Kier alpha value is -2.81. The molecule has 9 nitrogen and oxygen atoms in total. The molecule has 0 atom stereocenters. The largest absolute Gasteiger partial charge is 0.465 e. The zero-order valence-electron chi connectivity index (χ0n) is 16.1. The lowest BCUT2D eigenvalue weighted by Gasteiger charge is -2.32. The van der Waals surface area contributed by atoms with E-state index < -0.39 is 5.97 Å². The number of carbonyl (C=O) groups excluding carboxylic acids is 2. The number of aromatic amines is 1. The summed E-state index contributed by atoms with van der Waals surface area (Å²) in [5, 5.41) is 5.21. The Kier molecular flexibility index (Phi) is 6.70. The molecule has 2 amide bonds. The summed E-state index contributed by atoms with van der Waals surface area (Å²) in [6, 6.07) is 7.55. The van der Waals surface area contributed by atoms with Crippen molar-refractivity contribution in [2.75, 3.05) is 39.3 Å². The highest BCUT2D eigenvalue weighted by atomic mass is 16.5. The molecule has 2 aromatic rings. The van der Waals surface area contributed by atoms with Gasteiger partial charge in [-0.1, -0.05) is 12.1 Å². The first-order valence-corrected chi connectivity index (χ1v) is 9.67. The number of nitrogens with one attached hydrogen (secondary N) is 3. The van der Waals surface area contributed by atoms with Gasteiger partial charge in [0.05, 0.1) is 17.6 Å². The van der Waals surface area contributed by atoms with E-state index in [1.807, 2.05) is 28.8 Å². The number of carbonyl (C=O) groups is 2. The molecule has 152 valence electrons. The molecule has 1 aromatic heterocycles. The van der Waals surface area contributed by atoms with Crippen LogP contribution in [0.2, 0.25) is 0 Å². The number of urea groups is 1. The van der Waals surface area contributed by atoms with Crippen molar-refractivity contribution in [2.24, 2.45) is 0 Å². The number of H-pyrrole nitrogens is 1. The molecule has 0 aliphatic carbocycles. The van der Waals surface area contributed by atoms with Gasteiger partial charge in [-0.05, 0) is 31.9 Å². The molecular formula is C19H27N5O4. The van der Waals surface area contributed by atoms with Gasteiger partial charge in [0.1, 0.15) is 6.54 Å². The van der Waals surface area contributed by atoms with Crippen molar-refractivity contribution in [3.63, 3.8) is 0 Å². The van der Waals surface area contributed by atoms with Crippen LogP contribution in [-0.2, 0) is 9.53 Å². The lowest BCUT2D eigenvalue weighted by atomic mass is 10.0. The van der Waals surface area contributed by atoms with Gasteiger partial charge in [-0.25, -0.2) is 9.59 Å². The van der Waals surface area contributed by atoms with Crippen molar-refractivity contribution < 1.29 is 14.3 Å². The van der Waals surface area contributed by atoms with Crippen LogP contribution in [0.3, 0.4) is 0 Å². The lowest BCUT2D eigenvalue weighted by molar-refractivity contribution is -0.141. The van der Waals surface area contributed by atoms with Crippen molar-refractivity contribution in [2.45, 2.75) is 25.8 Å². The second-order valence-corrected chi connectivity index (χ2v) is 6.80. The van der Waals surface area contributed by atoms with Gasteiger partial charge in [0.2, 0.25) is 0 Å². The summed E-state index contributed by atoms with van der Waals surface area (Å²) in [5.74, 6) is -0.452. The molecule has 0 spiro atoms. The van der Waals surface area contributed by atoms with Crippen molar-refractivity contribution in [3.8, 4) is 0 Å². The SMILES string of the molecule is CCOC(=O)CNC(=O)NCCN1CCC(n2c(=O)[nH]c3ccccc32)CC1. The van der Waals surface area contributed by atoms with E-state index in [2.05, 4.69) is 20.5 Å². The van der Waals surface area contributed by atoms with Gasteiger partial charge in [0, 0.05) is 32.2 Å². The van der Waals surface area contributed by atoms with E-state index in [0.717, 1.165) is 43.5 Å². The number of fused-ring (bicyclic) bond motifs is 1. The minimum Gasteiger partial charge on any atom is -0.465 e. The van der Waals surface area contributed by atoms with Gasteiger partial charge < -0.3 is 25.3 Å². The monoisotopic (exact) mass is 389 g/mol. The van der Waals surface area contributed by atoms with Crippen LogP contribution in [0.25, 0.3) is 11.0 Å². The van der Waals surface area contributed by atoms with E-state index in [0.29, 0.717) is 13.2 Å². The number of benzene rings is 1. The Morgan fingerprint density at radius 2 is 1.96 bits per heavy atom. The number of hydrogen-bond donors (Lipinski definition) is 3. The topological polar surface area (TPSA) is 108 Å². The van der Waals surface area contributed by atoms with Crippen LogP contribution in [0.4, 0.5) is 4.79 Å². The fourth-order valence-electron chi connectivity index (χ4n) is 3.59. The summed E-state index contributed by atoms with van der Waals surface area (Å²) in [7, 11) is 0. The summed E-state index contributed by atoms with van der Waals surface area (Å²) < 4.78 is 6.62. The summed E-state index contributed by atoms with van der Waals surface area (Å²) in [4.78, 5) is 40.4. The first-order chi connectivity index (χ1) is 13.6. The molecule has 1 aliphatic heterocycles. The van der Waals surface area contributed by atoms with E-state index >= 15 is 0 Å². The fraction of sp³-hybridized carbons (Fsp3) is 0.526. The third-order valence-corrected chi connectivity index (χ3v) is 4.96. The number of amides is 2. The lowest BCUT2D eigenvalue weighted by Crippen LogP contribution is -2.44. The summed E-state index contributed by atoms with van der Waals surface area (Å²) in [5.41, 5.74) is 1.76. The van der Waals surface area contributed by atoms with Crippen LogP contribution in [0.5, 0.6) is 0 Å². The normalized spacial score (nSPS) is 15.5. The maximum Gasteiger partial charge on any atom is 0.326 e. The number of aromatic nitrogens is 2.